The molecule has 0 spiro atoms. The molecule has 2 heterocycles. The van der Waals surface area contributed by atoms with E-state index in [1.54, 1.807) is 12.1 Å². The van der Waals surface area contributed by atoms with Crippen molar-refractivity contribution in [2.75, 3.05) is 4.31 Å². The molecule has 2 aromatic heterocycles. The number of fused-ring (bicyclic) bond motifs is 1. The molecule has 2 saturated carbocycles. The molecule has 35 heavy (non-hydrogen) atoms. The summed E-state index contributed by atoms with van der Waals surface area (Å²) in [6.45, 7) is 2.86. The van der Waals surface area contributed by atoms with Gasteiger partial charge in [-0.3, -0.25) is 9.00 Å². The van der Waals surface area contributed by atoms with Gasteiger partial charge in [0, 0.05) is 35.3 Å². The topological polar surface area (TPSA) is 78.3 Å². The molecule has 6 nitrogen and oxygen atoms in total. The van der Waals surface area contributed by atoms with Crippen LogP contribution in [0.15, 0.2) is 66.9 Å². The second kappa shape index (κ2) is 8.73. The Balaban J connectivity index is 1.33. The second-order valence-corrected chi connectivity index (χ2v) is 10.4. The molecule has 2 aromatic carbocycles. The van der Waals surface area contributed by atoms with Crippen LogP contribution in [0.1, 0.15) is 48.4 Å². The molecule has 1 unspecified atom stereocenters. The average molecular weight is 485 g/mol. The Hall–Kier alpha value is -3.29. The molecule has 0 radical (unpaired) electrons. The van der Waals surface area contributed by atoms with E-state index in [1.165, 1.54) is 29.5 Å². The van der Waals surface area contributed by atoms with Gasteiger partial charge < -0.3 is 9.12 Å². The number of rotatable bonds is 7. The minimum atomic E-state index is -2.67. The molecule has 2 fully saturated rings. The van der Waals surface area contributed by atoms with E-state index in [0.717, 1.165) is 46.0 Å². The van der Waals surface area contributed by atoms with Crippen LogP contribution in [0.2, 0.25) is 0 Å². The first-order chi connectivity index (χ1) is 17.0. The predicted octanol–water partition coefficient (Wildman–Crippen LogP) is 5.47. The van der Waals surface area contributed by atoms with Crippen molar-refractivity contribution in [1.29, 1.82) is 0 Å². The molecule has 0 bridgehead atoms. The molecule has 6 rings (SSSR count). The minimum absolute atomic E-state index is 0.197. The number of aromatic nitrogens is 2. The number of nitrogens with zero attached hydrogens (tertiary/aromatic N) is 3. The zero-order valence-electron chi connectivity index (χ0n) is 19.5. The van der Waals surface area contributed by atoms with E-state index < -0.39 is 11.3 Å². The number of aryl methyl sites for hydroxylation is 1. The van der Waals surface area contributed by atoms with E-state index in [0.29, 0.717) is 11.6 Å². The Morgan fingerprint density at radius 1 is 1.09 bits per heavy atom. The van der Waals surface area contributed by atoms with Crippen molar-refractivity contribution >= 4 is 33.9 Å². The predicted molar refractivity (Wildman–Crippen MR) is 137 cm³/mol. The zero-order chi connectivity index (χ0) is 24.1. The summed E-state index contributed by atoms with van der Waals surface area (Å²) in [5.74, 6) is 0.0626. The molecule has 0 N–H and O–H groups in total. The maximum absolute atomic E-state index is 12.7. The van der Waals surface area contributed by atoms with Gasteiger partial charge in [-0.2, -0.15) is 0 Å². The van der Waals surface area contributed by atoms with E-state index in [-0.39, 0.29) is 11.8 Å². The molecule has 1 amide bonds. The van der Waals surface area contributed by atoms with Crippen molar-refractivity contribution < 1.29 is 13.6 Å². The summed E-state index contributed by atoms with van der Waals surface area (Å²) in [5, 5.41) is 1.21. The van der Waals surface area contributed by atoms with Crippen LogP contribution in [0.4, 0.5) is 5.69 Å². The van der Waals surface area contributed by atoms with Gasteiger partial charge in [0.2, 0.25) is 5.91 Å². The second-order valence-electron chi connectivity index (χ2n) is 9.63. The summed E-state index contributed by atoms with van der Waals surface area (Å²) in [7, 11) is 0. The third-order valence-corrected chi connectivity index (χ3v) is 7.72. The van der Waals surface area contributed by atoms with Crippen molar-refractivity contribution in [1.82, 2.24) is 9.55 Å². The van der Waals surface area contributed by atoms with Gasteiger partial charge in [-0.05, 0) is 73.4 Å². The monoisotopic (exact) mass is 484 g/mol. The van der Waals surface area contributed by atoms with Crippen molar-refractivity contribution in [2.24, 2.45) is 5.92 Å². The number of amides is 1. The number of carbonyl (C=O) groups is 1. The van der Waals surface area contributed by atoms with Crippen LogP contribution in [0.3, 0.4) is 0 Å². The normalized spacial score (nSPS) is 16.4. The molecule has 4 aromatic rings. The lowest BCUT2D eigenvalue weighted by molar-refractivity contribution is -0.118. The number of pyridine rings is 1. The summed E-state index contributed by atoms with van der Waals surface area (Å²) >= 11 is -2.67. The van der Waals surface area contributed by atoms with Gasteiger partial charge in [-0.25, -0.2) is 9.29 Å². The Labute approximate surface area is 207 Å². The van der Waals surface area contributed by atoms with E-state index in [1.807, 2.05) is 30.5 Å². The fourth-order valence-electron chi connectivity index (χ4n) is 4.82. The van der Waals surface area contributed by atoms with Gasteiger partial charge in [0.25, 0.3) is 0 Å². The van der Waals surface area contributed by atoms with Gasteiger partial charge in [0.05, 0.1) is 17.0 Å². The summed E-state index contributed by atoms with van der Waals surface area (Å²) in [6.07, 6.45) is 5.81. The van der Waals surface area contributed by atoms with Gasteiger partial charge in [0.1, 0.15) is 5.65 Å². The average Bonchev–Trinajstić information content (AvgIpc) is 3.78. The highest BCUT2D eigenvalue weighted by atomic mass is 32.2. The Morgan fingerprint density at radius 3 is 2.51 bits per heavy atom. The molecule has 2 aliphatic rings. The van der Waals surface area contributed by atoms with E-state index in [2.05, 4.69) is 40.7 Å². The smallest absolute Gasteiger partial charge is 0.241 e. The number of hydrogen-bond donors (Lipinski definition) is 0. The quantitative estimate of drug-likeness (QED) is 0.326. The number of carbonyl (C=O) groups excluding carboxylic acids is 1. The summed E-state index contributed by atoms with van der Waals surface area (Å²) in [6, 6.07) is 19.7. The standard InChI is InChI=1S/C28H27N3O3S/c1-18-14-15-29-27-24(18)16-26(21-10-11-21)30(27)17-19-6-8-20(9-7-19)23-4-2-3-5-25(23)31(35(33)34)28(32)22-12-13-22/h2-9,14-16,21-22H,10-13,17H2,1H3,(H,33,34)/p-1. The van der Waals surface area contributed by atoms with Crippen LogP contribution in [0.25, 0.3) is 22.2 Å². The highest BCUT2D eigenvalue weighted by Gasteiger charge is 2.35. The third-order valence-electron chi connectivity index (χ3n) is 7.05. The van der Waals surface area contributed by atoms with Crippen LogP contribution < -0.4 is 4.31 Å². The summed E-state index contributed by atoms with van der Waals surface area (Å²) in [4.78, 5) is 17.4. The van der Waals surface area contributed by atoms with Gasteiger partial charge in [-0.1, -0.05) is 42.5 Å². The molecule has 7 heteroatoms. The van der Waals surface area contributed by atoms with Crippen LogP contribution in [0.5, 0.6) is 0 Å². The fraction of sp³-hybridized carbons (Fsp3) is 0.286. The summed E-state index contributed by atoms with van der Waals surface area (Å²) < 4.78 is 27.3. The Bertz CT molecular complexity index is 1450. The van der Waals surface area contributed by atoms with Crippen molar-refractivity contribution in [3.63, 3.8) is 0 Å². The highest BCUT2D eigenvalue weighted by molar-refractivity contribution is 7.81. The fourth-order valence-corrected chi connectivity index (χ4v) is 5.43. The Morgan fingerprint density at radius 2 is 1.83 bits per heavy atom. The highest BCUT2D eigenvalue weighted by Crippen LogP contribution is 2.43. The number of hydrogen-bond acceptors (Lipinski definition) is 4. The van der Waals surface area contributed by atoms with Crippen LogP contribution in [0, 0.1) is 12.8 Å². The molecule has 178 valence electrons. The summed E-state index contributed by atoms with van der Waals surface area (Å²) in [5.41, 5.74) is 6.75. The Kier molecular flexibility index (Phi) is 5.54. The molecule has 0 saturated heterocycles. The van der Waals surface area contributed by atoms with Crippen LogP contribution in [-0.4, -0.2) is 24.2 Å². The first-order valence-corrected chi connectivity index (χ1v) is 13.1. The molecular weight excluding hydrogens is 458 g/mol. The van der Waals surface area contributed by atoms with Crippen LogP contribution in [-0.2, 0) is 22.6 Å². The molecule has 1 atom stereocenters. The van der Waals surface area contributed by atoms with Gasteiger partial charge >= 0.3 is 0 Å². The SMILES string of the molecule is Cc1ccnc2c1cc(C1CC1)n2Cc1ccc(-c2ccccc2N(C(=O)C2CC2)S(=O)[O-])cc1. The lowest BCUT2D eigenvalue weighted by Gasteiger charge is -2.26. The number of para-hydroxylation sites is 1. The first-order valence-electron chi connectivity index (χ1n) is 12.1. The number of benzene rings is 2. The van der Waals surface area contributed by atoms with Gasteiger partial charge in [-0.15, -0.1) is 0 Å². The maximum atomic E-state index is 12.7. The minimum Gasteiger partial charge on any atom is -0.755 e. The third kappa shape index (κ3) is 4.19. The molecular formula is C28H26N3O3S-. The zero-order valence-corrected chi connectivity index (χ0v) is 20.3. The van der Waals surface area contributed by atoms with Crippen molar-refractivity contribution in [3.8, 4) is 11.1 Å². The van der Waals surface area contributed by atoms with Crippen molar-refractivity contribution in [2.45, 2.75) is 45.1 Å². The molecule has 0 aliphatic heterocycles. The van der Waals surface area contributed by atoms with E-state index in [9.17, 15) is 13.6 Å². The van der Waals surface area contributed by atoms with E-state index >= 15 is 0 Å². The number of anilines is 1. The maximum Gasteiger partial charge on any atom is 0.241 e. The lowest BCUT2D eigenvalue weighted by Crippen LogP contribution is -2.34. The van der Waals surface area contributed by atoms with E-state index in [4.69, 9.17) is 0 Å². The first kappa shape index (κ1) is 22.2. The van der Waals surface area contributed by atoms with Crippen molar-refractivity contribution in [3.05, 3.63) is 83.7 Å². The van der Waals surface area contributed by atoms with Crippen LogP contribution >= 0.6 is 0 Å². The lowest BCUT2D eigenvalue weighted by atomic mass is 10.0. The largest absolute Gasteiger partial charge is 0.755 e. The molecule has 2 aliphatic carbocycles. The van der Waals surface area contributed by atoms with Gasteiger partial charge in [0.15, 0.2) is 0 Å².